The highest BCUT2D eigenvalue weighted by molar-refractivity contribution is 6.23. The third kappa shape index (κ3) is 3.09. The van der Waals surface area contributed by atoms with E-state index in [2.05, 4.69) is 0 Å². The third-order valence-corrected chi connectivity index (χ3v) is 4.21. The summed E-state index contributed by atoms with van der Waals surface area (Å²) in [6.45, 7) is 0. The standard InChI is InChI=1S/C20H19NO2/c21-16-12-7-13-17(22)19(16)20(23)18(14-8-3-1-4-9-14)15-10-5-2-6-11-15/h1-6,8-11,18,21,23H,7,12-13H2/b20-19+,21-16?. The van der Waals surface area contributed by atoms with Gasteiger partial charge in [0.05, 0.1) is 11.5 Å². The molecule has 0 aliphatic heterocycles. The van der Waals surface area contributed by atoms with Gasteiger partial charge in [-0.05, 0) is 24.0 Å². The van der Waals surface area contributed by atoms with Gasteiger partial charge in [-0.15, -0.1) is 0 Å². The second-order valence-corrected chi connectivity index (χ2v) is 5.77. The van der Waals surface area contributed by atoms with Crippen molar-refractivity contribution in [2.75, 3.05) is 0 Å². The van der Waals surface area contributed by atoms with Crippen LogP contribution in [-0.4, -0.2) is 16.6 Å². The van der Waals surface area contributed by atoms with Crippen LogP contribution in [0.1, 0.15) is 36.3 Å². The minimum atomic E-state index is -0.421. The second-order valence-electron chi connectivity index (χ2n) is 5.77. The van der Waals surface area contributed by atoms with Crippen LogP contribution in [0.3, 0.4) is 0 Å². The molecule has 1 aliphatic carbocycles. The molecule has 2 aromatic rings. The van der Waals surface area contributed by atoms with Crippen LogP contribution in [0.15, 0.2) is 72.0 Å². The maximum Gasteiger partial charge on any atom is 0.168 e. The number of benzene rings is 2. The van der Waals surface area contributed by atoms with Crippen molar-refractivity contribution in [3.8, 4) is 0 Å². The predicted molar refractivity (Wildman–Crippen MR) is 91.0 cm³/mol. The number of hydrogen-bond acceptors (Lipinski definition) is 3. The Kier molecular flexibility index (Phi) is 4.38. The summed E-state index contributed by atoms with van der Waals surface area (Å²) in [5, 5.41) is 19.0. The lowest BCUT2D eigenvalue weighted by Crippen LogP contribution is -2.22. The molecular formula is C20H19NO2. The summed E-state index contributed by atoms with van der Waals surface area (Å²) in [5.74, 6) is -0.553. The maximum absolute atomic E-state index is 12.3. The summed E-state index contributed by atoms with van der Waals surface area (Å²) in [4.78, 5) is 12.3. The topological polar surface area (TPSA) is 61.2 Å². The Morgan fingerprint density at radius 3 is 1.91 bits per heavy atom. The molecule has 3 heteroatoms. The molecule has 23 heavy (non-hydrogen) atoms. The van der Waals surface area contributed by atoms with Crippen LogP contribution in [0.5, 0.6) is 0 Å². The molecule has 3 rings (SSSR count). The van der Waals surface area contributed by atoms with Crippen molar-refractivity contribution in [1.29, 1.82) is 5.41 Å². The fourth-order valence-electron chi connectivity index (χ4n) is 3.08. The van der Waals surface area contributed by atoms with E-state index in [1.807, 2.05) is 60.7 Å². The normalized spacial score (nSPS) is 17.4. The van der Waals surface area contributed by atoms with Gasteiger partial charge in [-0.3, -0.25) is 4.79 Å². The molecule has 1 fully saturated rings. The van der Waals surface area contributed by atoms with Crippen molar-refractivity contribution in [1.82, 2.24) is 0 Å². The van der Waals surface area contributed by atoms with E-state index in [1.54, 1.807) is 0 Å². The van der Waals surface area contributed by atoms with Crippen LogP contribution < -0.4 is 0 Å². The molecule has 1 saturated carbocycles. The van der Waals surface area contributed by atoms with Gasteiger partial charge >= 0.3 is 0 Å². The van der Waals surface area contributed by atoms with E-state index in [-0.39, 0.29) is 22.8 Å². The van der Waals surface area contributed by atoms with Crippen molar-refractivity contribution >= 4 is 11.5 Å². The molecule has 1 aliphatic rings. The van der Waals surface area contributed by atoms with Crippen molar-refractivity contribution < 1.29 is 9.90 Å². The Hall–Kier alpha value is -2.68. The number of rotatable bonds is 3. The van der Waals surface area contributed by atoms with Crippen molar-refractivity contribution in [2.24, 2.45) is 0 Å². The van der Waals surface area contributed by atoms with Gasteiger partial charge in [-0.25, -0.2) is 0 Å². The summed E-state index contributed by atoms with van der Waals surface area (Å²) in [5.41, 5.74) is 2.27. The van der Waals surface area contributed by atoms with Crippen molar-refractivity contribution in [2.45, 2.75) is 25.2 Å². The Morgan fingerprint density at radius 2 is 1.43 bits per heavy atom. The molecule has 0 amide bonds. The Labute approximate surface area is 135 Å². The van der Waals surface area contributed by atoms with E-state index in [1.165, 1.54) is 0 Å². The van der Waals surface area contributed by atoms with Crippen molar-refractivity contribution in [3.05, 3.63) is 83.1 Å². The molecule has 3 nitrogen and oxygen atoms in total. The lowest BCUT2D eigenvalue weighted by Gasteiger charge is -2.23. The number of hydrogen-bond donors (Lipinski definition) is 2. The molecule has 0 atom stereocenters. The van der Waals surface area contributed by atoms with Crippen LogP contribution >= 0.6 is 0 Å². The minimum Gasteiger partial charge on any atom is -0.510 e. The average molecular weight is 305 g/mol. The van der Waals surface area contributed by atoms with Crippen LogP contribution in [-0.2, 0) is 4.79 Å². The number of Topliss-reactive ketones (excluding diaryl/α,β-unsaturated/α-hetero) is 1. The van der Waals surface area contributed by atoms with Gasteiger partial charge in [-0.1, -0.05) is 60.7 Å². The smallest absolute Gasteiger partial charge is 0.168 e. The first-order valence-electron chi connectivity index (χ1n) is 7.82. The van der Waals surface area contributed by atoms with E-state index >= 15 is 0 Å². The summed E-state index contributed by atoms with van der Waals surface area (Å²) >= 11 is 0. The largest absolute Gasteiger partial charge is 0.510 e. The summed E-state index contributed by atoms with van der Waals surface area (Å²) in [6.07, 6.45) is 1.63. The lowest BCUT2D eigenvalue weighted by molar-refractivity contribution is -0.115. The van der Waals surface area contributed by atoms with Gasteiger partial charge in [-0.2, -0.15) is 0 Å². The van der Waals surface area contributed by atoms with Gasteiger partial charge in [0.2, 0.25) is 0 Å². The first-order valence-corrected chi connectivity index (χ1v) is 7.82. The highest BCUT2D eigenvalue weighted by Crippen LogP contribution is 2.34. The van der Waals surface area contributed by atoms with Crippen LogP contribution in [0.2, 0.25) is 0 Å². The minimum absolute atomic E-state index is 0.00269. The first kappa shape index (κ1) is 15.2. The number of aliphatic hydroxyl groups excluding tert-OH is 1. The number of nitrogens with one attached hydrogen (secondary N) is 1. The molecule has 0 spiro atoms. The summed E-state index contributed by atoms with van der Waals surface area (Å²) in [7, 11) is 0. The van der Waals surface area contributed by atoms with Gasteiger partial charge in [0.15, 0.2) is 5.78 Å². The quantitative estimate of drug-likeness (QED) is 0.652. The fourth-order valence-corrected chi connectivity index (χ4v) is 3.08. The van der Waals surface area contributed by atoms with Crippen LogP contribution in [0, 0.1) is 5.41 Å². The third-order valence-electron chi connectivity index (χ3n) is 4.21. The zero-order valence-corrected chi connectivity index (χ0v) is 12.8. The molecule has 116 valence electrons. The molecule has 0 bridgehead atoms. The average Bonchev–Trinajstić information content (AvgIpc) is 2.57. The Bertz CT molecular complexity index is 690. The molecule has 0 saturated heterocycles. The highest BCUT2D eigenvalue weighted by atomic mass is 16.3. The van der Waals surface area contributed by atoms with E-state index in [4.69, 9.17) is 5.41 Å². The van der Waals surface area contributed by atoms with Crippen molar-refractivity contribution in [3.63, 3.8) is 0 Å². The number of aliphatic hydroxyl groups is 1. The molecule has 0 unspecified atom stereocenters. The SMILES string of the molecule is N=C1CCCC(=O)/C1=C(/O)C(c1ccccc1)c1ccccc1. The van der Waals surface area contributed by atoms with Crippen LogP contribution in [0.4, 0.5) is 0 Å². The number of carbonyl (C=O) groups excluding carboxylic acids is 1. The van der Waals surface area contributed by atoms with Gasteiger partial charge < -0.3 is 10.5 Å². The van der Waals surface area contributed by atoms with Gasteiger partial charge in [0.25, 0.3) is 0 Å². The monoisotopic (exact) mass is 305 g/mol. The highest BCUT2D eigenvalue weighted by Gasteiger charge is 2.29. The predicted octanol–water partition coefficient (Wildman–Crippen LogP) is 4.40. The summed E-state index contributed by atoms with van der Waals surface area (Å²) in [6, 6.07) is 19.2. The number of ketones is 1. The van der Waals surface area contributed by atoms with E-state index in [9.17, 15) is 9.90 Å². The summed E-state index contributed by atoms with van der Waals surface area (Å²) < 4.78 is 0. The van der Waals surface area contributed by atoms with E-state index < -0.39 is 5.92 Å². The first-order chi connectivity index (χ1) is 11.2. The molecule has 0 radical (unpaired) electrons. The molecule has 0 heterocycles. The maximum atomic E-state index is 12.3. The van der Waals surface area contributed by atoms with Crippen LogP contribution in [0.25, 0.3) is 0 Å². The zero-order chi connectivity index (χ0) is 16.2. The lowest BCUT2D eigenvalue weighted by atomic mass is 9.82. The Balaban J connectivity index is 2.16. The number of carbonyl (C=O) groups is 1. The number of allylic oxidation sites excluding steroid dienone is 2. The van der Waals surface area contributed by atoms with E-state index in [0.717, 1.165) is 11.1 Å². The molecular weight excluding hydrogens is 286 g/mol. The Morgan fingerprint density at radius 1 is 0.913 bits per heavy atom. The van der Waals surface area contributed by atoms with Gasteiger partial charge in [0.1, 0.15) is 5.76 Å². The van der Waals surface area contributed by atoms with E-state index in [0.29, 0.717) is 19.3 Å². The molecule has 2 aromatic carbocycles. The fraction of sp³-hybridized carbons (Fsp3) is 0.200. The molecule has 0 aromatic heterocycles. The van der Waals surface area contributed by atoms with Gasteiger partial charge in [0, 0.05) is 12.1 Å². The second kappa shape index (κ2) is 6.61. The zero-order valence-electron chi connectivity index (χ0n) is 12.8. The molecule has 2 N–H and O–H groups in total.